The van der Waals surface area contributed by atoms with Crippen LogP contribution in [-0.4, -0.2) is 0 Å². The molecule has 0 atom stereocenters. The van der Waals surface area contributed by atoms with Gasteiger partial charge in [0, 0.05) is 17.1 Å². The number of hydrogen-bond acceptors (Lipinski definition) is 1. The average molecular weight is 246 g/mol. The summed E-state index contributed by atoms with van der Waals surface area (Å²) in [6.45, 7) is 4.72. The van der Waals surface area contributed by atoms with E-state index in [-0.39, 0.29) is 0 Å². The summed E-state index contributed by atoms with van der Waals surface area (Å²) in [5.41, 5.74) is 11.4. The molecule has 88 valence electrons. The molecule has 2 heteroatoms. The Morgan fingerprint density at radius 2 is 1.76 bits per heavy atom. The van der Waals surface area contributed by atoms with Gasteiger partial charge >= 0.3 is 0 Å². The van der Waals surface area contributed by atoms with E-state index in [4.69, 9.17) is 17.3 Å². The molecule has 2 aromatic rings. The van der Waals surface area contributed by atoms with E-state index in [0.717, 1.165) is 21.7 Å². The maximum Gasteiger partial charge on any atom is 0.0487 e. The Morgan fingerprint density at radius 1 is 1.06 bits per heavy atom. The van der Waals surface area contributed by atoms with Crippen molar-refractivity contribution in [3.8, 4) is 11.1 Å². The van der Waals surface area contributed by atoms with Crippen molar-refractivity contribution >= 4 is 11.6 Å². The fourth-order valence-corrected chi connectivity index (χ4v) is 2.20. The number of rotatable bonds is 2. The number of benzene rings is 2. The average Bonchev–Trinajstić information content (AvgIpc) is 2.34. The zero-order valence-corrected chi connectivity index (χ0v) is 10.9. The van der Waals surface area contributed by atoms with Gasteiger partial charge in [0.1, 0.15) is 0 Å². The molecule has 0 saturated heterocycles. The molecule has 0 amide bonds. The van der Waals surface area contributed by atoms with Crippen LogP contribution in [0.2, 0.25) is 5.02 Å². The lowest BCUT2D eigenvalue weighted by atomic mass is 9.99. The van der Waals surface area contributed by atoms with Crippen LogP contribution in [0.3, 0.4) is 0 Å². The highest BCUT2D eigenvalue weighted by Gasteiger charge is 2.06. The van der Waals surface area contributed by atoms with Crippen molar-refractivity contribution in [2.24, 2.45) is 5.73 Å². The van der Waals surface area contributed by atoms with E-state index < -0.39 is 0 Å². The van der Waals surface area contributed by atoms with Gasteiger partial charge in [0.05, 0.1) is 0 Å². The number of halogens is 1. The van der Waals surface area contributed by atoms with Crippen LogP contribution >= 0.6 is 11.6 Å². The van der Waals surface area contributed by atoms with E-state index in [1.54, 1.807) is 0 Å². The molecule has 0 radical (unpaired) electrons. The molecule has 0 fully saturated rings. The van der Waals surface area contributed by atoms with Crippen LogP contribution < -0.4 is 5.73 Å². The molecular formula is C15H16ClN. The molecule has 0 aliphatic heterocycles. The summed E-state index contributed by atoms with van der Waals surface area (Å²) < 4.78 is 0. The molecule has 0 aromatic heterocycles. The van der Waals surface area contributed by atoms with E-state index in [0.29, 0.717) is 6.54 Å². The Morgan fingerprint density at radius 3 is 2.47 bits per heavy atom. The first kappa shape index (κ1) is 12.2. The van der Waals surface area contributed by atoms with Gasteiger partial charge in [-0.1, -0.05) is 29.8 Å². The number of hydrogen-bond donors (Lipinski definition) is 1. The van der Waals surface area contributed by atoms with Crippen molar-refractivity contribution in [3.05, 3.63) is 58.1 Å². The lowest BCUT2D eigenvalue weighted by molar-refractivity contribution is 1.07. The molecule has 0 saturated carbocycles. The Labute approximate surface area is 107 Å². The third-order valence-electron chi connectivity index (χ3n) is 3.06. The Balaban J connectivity index is 2.56. The molecule has 0 bridgehead atoms. The van der Waals surface area contributed by atoms with Crippen molar-refractivity contribution in [2.75, 3.05) is 0 Å². The topological polar surface area (TPSA) is 26.0 Å². The Hall–Kier alpha value is -1.31. The van der Waals surface area contributed by atoms with Crippen LogP contribution in [-0.2, 0) is 6.54 Å². The van der Waals surface area contributed by atoms with Gasteiger partial charge in [-0.15, -0.1) is 0 Å². The van der Waals surface area contributed by atoms with Crippen LogP contribution in [0.4, 0.5) is 0 Å². The molecule has 2 N–H and O–H groups in total. The molecule has 17 heavy (non-hydrogen) atoms. The lowest BCUT2D eigenvalue weighted by Gasteiger charge is -2.09. The third kappa shape index (κ3) is 2.51. The predicted octanol–water partition coefficient (Wildman–Crippen LogP) is 4.08. The summed E-state index contributed by atoms with van der Waals surface area (Å²) in [6.07, 6.45) is 0. The van der Waals surface area contributed by atoms with Crippen LogP contribution in [0.15, 0.2) is 36.4 Å². The number of aryl methyl sites for hydroxylation is 2. The second-order valence-electron chi connectivity index (χ2n) is 4.32. The van der Waals surface area contributed by atoms with E-state index in [1.807, 2.05) is 18.2 Å². The monoisotopic (exact) mass is 245 g/mol. The second kappa shape index (κ2) is 4.91. The highest BCUT2D eigenvalue weighted by atomic mass is 35.5. The van der Waals surface area contributed by atoms with Crippen LogP contribution in [0.25, 0.3) is 11.1 Å². The minimum Gasteiger partial charge on any atom is -0.326 e. The predicted molar refractivity (Wildman–Crippen MR) is 74.3 cm³/mol. The minimum atomic E-state index is 0.552. The molecule has 2 rings (SSSR count). The highest BCUT2D eigenvalue weighted by molar-refractivity contribution is 6.33. The molecule has 1 nitrogen and oxygen atoms in total. The van der Waals surface area contributed by atoms with Crippen LogP contribution in [0, 0.1) is 13.8 Å². The normalized spacial score (nSPS) is 10.6. The van der Waals surface area contributed by atoms with E-state index in [9.17, 15) is 0 Å². The molecule has 0 spiro atoms. The van der Waals surface area contributed by atoms with Crippen molar-refractivity contribution in [2.45, 2.75) is 20.4 Å². The van der Waals surface area contributed by atoms with Crippen molar-refractivity contribution in [1.29, 1.82) is 0 Å². The molecule has 0 aliphatic rings. The third-order valence-corrected chi connectivity index (χ3v) is 3.37. The summed E-state index contributed by atoms with van der Waals surface area (Å²) in [4.78, 5) is 0. The summed E-state index contributed by atoms with van der Waals surface area (Å²) in [6, 6.07) is 12.3. The van der Waals surface area contributed by atoms with Crippen molar-refractivity contribution in [3.63, 3.8) is 0 Å². The van der Waals surface area contributed by atoms with E-state index in [2.05, 4.69) is 32.0 Å². The van der Waals surface area contributed by atoms with E-state index >= 15 is 0 Å². The lowest BCUT2D eigenvalue weighted by Crippen LogP contribution is -1.96. The standard InChI is InChI=1S/C15H16ClN/c1-10-6-14(15(16)7-11(10)2)13-5-3-4-12(8-13)9-17/h3-8H,9,17H2,1-2H3. The van der Waals surface area contributed by atoms with Gasteiger partial charge in [-0.25, -0.2) is 0 Å². The summed E-state index contributed by atoms with van der Waals surface area (Å²) >= 11 is 6.30. The van der Waals surface area contributed by atoms with Gasteiger partial charge in [-0.05, 0) is 54.3 Å². The minimum absolute atomic E-state index is 0.552. The van der Waals surface area contributed by atoms with Gasteiger partial charge in [0.2, 0.25) is 0 Å². The molecule has 0 unspecified atom stereocenters. The van der Waals surface area contributed by atoms with E-state index in [1.165, 1.54) is 11.1 Å². The number of nitrogens with two attached hydrogens (primary N) is 1. The largest absolute Gasteiger partial charge is 0.326 e. The second-order valence-corrected chi connectivity index (χ2v) is 4.73. The Bertz CT molecular complexity index is 547. The van der Waals surface area contributed by atoms with Gasteiger partial charge in [-0.3, -0.25) is 0 Å². The maximum atomic E-state index is 6.30. The van der Waals surface area contributed by atoms with Gasteiger partial charge < -0.3 is 5.73 Å². The fourth-order valence-electron chi connectivity index (χ4n) is 1.87. The fraction of sp³-hybridized carbons (Fsp3) is 0.200. The first-order valence-electron chi connectivity index (χ1n) is 5.68. The Kier molecular flexibility index (Phi) is 3.51. The van der Waals surface area contributed by atoms with Gasteiger partial charge in [-0.2, -0.15) is 0 Å². The molecule has 0 heterocycles. The molecule has 0 aliphatic carbocycles. The molecule has 2 aromatic carbocycles. The maximum absolute atomic E-state index is 6.30. The van der Waals surface area contributed by atoms with Crippen LogP contribution in [0.1, 0.15) is 16.7 Å². The summed E-state index contributed by atoms with van der Waals surface area (Å²) in [5.74, 6) is 0. The quantitative estimate of drug-likeness (QED) is 0.848. The first-order chi connectivity index (χ1) is 8.11. The van der Waals surface area contributed by atoms with Gasteiger partial charge in [0.15, 0.2) is 0 Å². The smallest absolute Gasteiger partial charge is 0.0487 e. The van der Waals surface area contributed by atoms with Crippen molar-refractivity contribution in [1.82, 2.24) is 0 Å². The van der Waals surface area contributed by atoms with Gasteiger partial charge in [0.25, 0.3) is 0 Å². The summed E-state index contributed by atoms with van der Waals surface area (Å²) in [5, 5.41) is 0.794. The van der Waals surface area contributed by atoms with Crippen LogP contribution in [0.5, 0.6) is 0 Å². The molecular weight excluding hydrogens is 230 g/mol. The highest BCUT2D eigenvalue weighted by Crippen LogP contribution is 2.30. The SMILES string of the molecule is Cc1cc(Cl)c(-c2cccc(CN)c2)cc1C. The van der Waals surface area contributed by atoms with Crippen molar-refractivity contribution < 1.29 is 0 Å². The zero-order valence-electron chi connectivity index (χ0n) is 10.1. The zero-order chi connectivity index (χ0) is 12.4. The first-order valence-corrected chi connectivity index (χ1v) is 6.05. The summed E-state index contributed by atoms with van der Waals surface area (Å²) in [7, 11) is 0.